The molecule has 0 unspecified atom stereocenters. The van der Waals surface area contributed by atoms with E-state index in [1.54, 1.807) is 35.6 Å². The van der Waals surface area contributed by atoms with Gasteiger partial charge in [-0.05, 0) is 35.6 Å². The van der Waals surface area contributed by atoms with Gasteiger partial charge in [0, 0.05) is 30.6 Å². The van der Waals surface area contributed by atoms with Gasteiger partial charge in [-0.3, -0.25) is 9.69 Å². The van der Waals surface area contributed by atoms with E-state index in [0.29, 0.717) is 25.4 Å². The van der Waals surface area contributed by atoms with Gasteiger partial charge in [-0.1, -0.05) is 18.2 Å². The molecule has 6 nitrogen and oxygen atoms in total. The van der Waals surface area contributed by atoms with Crippen molar-refractivity contribution in [2.24, 2.45) is 0 Å². The predicted octanol–water partition coefficient (Wildman–Crippen LogP) is 3.44. The van der Waals surface area contributed by atoms with Crippen LogP contribution < -0.4 is 4.74 Å². The molecule has 8 heteroatoms. The second-order valence-electron chi connectivity index (χ2n) is 7.88. The van der Waals surface area contributed by atoms with Crippen molar-refractivity contribution in [2.45, 2.75) is 18.6 Å². The maximum Gasteiger partial charge on any atom is 0.237 e. The van der Waals surface area contributed by atoms with Crippen LogP contribution >= 0.6 is 11.3 Å². The number of ether oxygens (including phenoxy) is 2. The monoisotopic (exact) mass is 474 g/mol. The third kappa shape index (κ3) is 7.23. The minimum Gasteiger partial charge on any atom is -0.491 e. The molecule has 3 rings (SSSR count). The van der Waals surface area contributed by atoms with Gasteiger partial charge in [0.15, 0.2) is 0 Å². The molecule has 0 aliphatic carbocycles. The molecule has 0 fully saturated rings. The minimum absolute atomic E-state index is 0.0549. The van der Waals surface area contributed by atoms with E-state index < -0.39 is 6.10 Å². The molecule has 2 aromatic rings. The van der Waals surface area contributed by atoms with Crippen LogP contribution in [0.15, 0.2) is 61.0 Å². The highest BCUT2D eigenvalue weighted by molar-refractivity contribution is 7.10. The number of fused-ring (bicyclic) bond motifs is 1. The van der Waals surface area contributed by atoms with E-state index >= 15 is 0 Å². The Kier molecular flexibility index (Phi) is 9.62. The van der Waals surface area contributed by atoms with E-state index in [9.17, 15) is 14.3 Å². The molecular weight excluding hydrogens is 443 g/mol. The van der Waals surface area contributed by atoms with Crippen LogP contribution in [0, 0.1) is 5.82 Å². The summed E-state index contributed by atoms with van der Waals surface area (Å²) in [6, 6.07) is 7.77. The van der Waals surface area contributed by atoms with Crippen LogP contribution in [-0.2, 0) is 16.0 Å². The highest BCUT2D eigenvalue weighted by Gasteiger charge is 2.33. The molecular formula is C25H31FN2O4S. The van der Waals surface area contributed by atoms with Gasteiger partial charge in [0.25, 0.3) is 0 Å². The fourth-order valence-corrected chi connectivity index (χ4v) is 4.84. The number of hydrogen-bond donors (Lipinski definition) is 1. The van der Waals surface area contributed by atoms with E-state index in [1.165, 1.54) is 17.0 Å². The number of nitrogens with zero attached hydrogens (tertiary/aromatic N) is 2. The van der Waals surface area contributed by atoms with E-state index in [-0.39, 0.29) is 44.1 Å². The summed E-state index contributed by atoms with van der Waals surface area (Å²) in [5, 5.41) is 12.3. The maximum atomic E-state index is 13.6. The van der Waals surface area contributed by atoms with Crippen molar-refractivity contribution in [2.75, 3.05) is 46.0 Å². The highest BCUT2D eigenvalue weighted by Crippen LogP contribution is 2.34. The molecule has 0 radical (unpaired) electrons. The quantitative estimate of drug-likeness (QED) is 0.356. The third-order valence-corrected chi connectivity index (χ3v) is 6.38. The standard InChI is InChI=1S/C25H31FN2O4S/c1-3-10-27(15-20(29)17-31-12-4-2)16-25(30)28-11-8-24-22(9-13-33-24)23(28)18-32-21-7-5-6-19(26)14-21/h3-7,9,13-14,20,23,29H,1-2,8,10-12,15-18H2/t20-,23-/m0/s1. The van der Waals surface area contributed by atoms with Crippen molar-refractivity contribution in [3.8, 4) is 5.75 Å². The lowest BCUT2D eigenvalue weighted by atomic mass is 10.0. The number of rotatable bonds is 13. The van der Waals surface area contributed by atoms with Crippen molar-refractivity contribution in [1.29, 1.82) is 0 Å². The zero-order valence-electron chi connectivity index (χ0n) is 18.7. The second-order valence-corrected chi connectivity index (χ2v) is 8.88. The average Bonchev–Trinajstić information content (AvgIpc) is 3.27. The second kappa shape index (κ2) is 12.6. The normalized spacial score (nSPS) is 16.3. The molecule has 178 valence electrons. The number of halogens is 1. The lowest BCUT2D eigenvalue weighted by Gasteiger charge is -2.37. The summed E-state index contributed by atoms with van der Waals surface area (Å²) in [6.07, 6.45) is 3.39. The first-order valence-corrected chi connectivity index (χ1v) is 11.8. The van der Waals surface area contributed by atoms with Gasteiger partial charge >= 0.3 is 0 Å². The number of amides is 1. The number of aliphatic hydroxyl groups excluding tert-OH is 1. The largest absolute Gasteiger partial charge is 0.491 e. The van der Waals surface area contributed by atoms with Crippen molar-refractivity contribution in [1.82, 2.24) is 9.80 Å². The molecule has 0 saturated carbocycles. The zero-order valence-corrected chi connectivity index (χ0v) is 19.5. The van der Waals surface area contributed by atoms with Crippen LogP contribution in [0.5, 0.6) is 5.75 Å². The molecule has 1 N–H and O–H groups in total. The van der Waals surface area contributed by atoms with Crippen LogP contribution in [0.2, 0.25) is 0 Å². The minimum atomic E-state index is -0.727. The van der Waals surface area contributed by atoms with Crippen molar-refractivity contribution in [3.63, 3.8) is 0 Å². The predicted molar refractivity (Wildman–Crippen MR) is 128 cm³/mol. The van der Waals surface area contributed by atoms with E-state index in [0.717, 1.165) is 12.0 Å². The van der Waals surface area contributed by atoms with E-state index in [2.05, 4.69) is 13.2 Å². The number of thiophene rings is 1. The molecule has 0 saturated heterocycles. The summed E-state index contributed by atoms with van der Waals surface area (Å²) >= 11 is 1.68. The molecule has 0 spiro atoms. The van der Waals surface area contributed by atoms with E-state index in [4.69, 9.17) is 9.47 Å². The first-order chi connectivity index (χ1) is 16.0. The van der Waals surface area contributed by atoms with Gasteiger partial charge < -0.3 is 19.5 Å². The van der Waals surface area contributed by atoms with Gasteiger partial charge in [-0.25, -0.2) is 4.39 Å². The Morgan fingerprint density at radius 1 is 1.36 bits per heavy atom. The van der Waals surface area contributed by atoms with E-state index in [1.807, 2.05) is 21.2 Å². The van der Waals surface area contributed by atoms with Gasteiger partial charge in [0.05, 0.1) is 31.9 Å². The maximum absolute atomic E-state index is 13.6. The van der Waals surface area contributed by atoms with Crippen LogP contribution in [0.3, 0.4) is 0 Å². The Hall–Kier alpha value is -2.52. The fraction of sp³-hybridized carbons (Fsp3) is 0.400. The third-order valence-electron chi connectivity index (χ3n) is 5.38. The number of carbonyl (C=O) groups excluding carboxylic acids is 1. The fourth-order valence-electron chi connectivity index (χ4n) is 3.91. The number of carbonyl (C=O) groups is 1. The molecule has 1 aliphatic heterocycles. The summed E-state index contributed by atoms with van der Waals surface area (Å²) in [6.45, 7) is 9.59. The number of hydrogen-bond acceptors (Lipinski definition) is 6. The lowest BCUT2D eigenvalue weighted by Crippen LogP contribution is -2.48. The number of benzene rings is 1. The topological polar surface area (TPSA) is 62.2 Å². The zero-order chi connectivity index (χ0) is 23.6. The van der Waals surface area contributed by atoms with Crippen LogP contribution in [0.4, 0.5) is 4.39 Å². The molecule has 0 bridgehead atoms. The van der Waals surface area contributed by atoms with Crippen LogP contribution in [-0.4, -0.2) is 72.9 Å². The van der Waals surface area contributed by atoms with Crippen molar-refractivity contribution in [3.05, 3.63) is 77.3 Å². The summed E-state index contributed by atoms with van der Waals surface area (Å²) in [5.74, 6) is 0.0115. The molecule has 2 heterocycles. The number of aliphatic hydroxyl groups is 1. The van der Waals surface area contributed by atoms with Gasteiger partial charge in [-0.15, -0.1) is 24.5 Å². The first-order valence-electron chi connectivity index (χ1n) is 11.0. The van der Waals surface area contributed by atoms with Gasteiger partial charge in [0.1, 0.15) is 18.2 Å². The lowest BCUT2D eigenvalue weighted by molar-refractivity contribution is -0.136. The molecule has 2 atom stereocenters. The average molecular weight is 475 g/mol. The Morgan fingerprint density at radius 3 is 2.97 bits per heavy atom. The molecule has 1 aromatic heterocycles. The Morgan fingerprint density at radius 2 is 2.21 bits per heavy atom. The SMILES string of the molecule is C=CCOC[C@@H](O)CN(CC=C)CC(=O)N1CCc2sccc2[C@@H]1COc1cccc(F)c1. The van der Waals surface area contributed by atoms with Crippen molar-refractivity contribution < 1.29 is 23.8 Å². The summed E-state index contributed by atoms with van der Waals surface area (Å²) < 4.78 is 24.8. The molecule has 33 heavy (non-hydrogen) atoms. The Labute approximate surface area is 198 Å². The van der Waals surface area contributed by atoms with Crippen LogP contribution in [0.1, 0.15) is 16.5 Å². The summed E-state index contributed by atoms with van der Waals surface area (Å²) in [5.41, 5.74) is 1.07. The van der Waals surface area contributed by atoms with Crippen molar-refractivity contribution >= 4 is 17.2 Å². The van der Waals surface area contributed by atoms with Gasteiger partial charge in [0.2, 0.25) is 5.91 Å². The Bertz CT molecular complexity index is 935. The smallest absolute Gasteiger partial charge is 0.237 e. The highest BCUT2D eigenvalue weighted by atomic mass is 32.1. The van der Waals surface area contributed by atoms with Gasteiger partial charge in [-0.2, -0.15) is 0 Å². The molecule has 1 aromatic carbocycles. The Balaban J connectivity index is 1.67. The molecule has 1 aliphatic rings. The molecule has 1 amide bonds. The summed E-state index contributed by atoms with van der Waals surface area (Å²) in [4.78, 5) is 18.3. The first kappa shape index (κ1) is 25.1. The van der Waals surface area contributed by atoms with Crippen LogP contribution in [0.25, 0.3) is 0 Å². The summed E-state index contributed by atoms with van der Waals surface area (Å²) in [7, 11) is 0.